The molecule has 7 heteroatoms. The van der Waals surface area contributed by atoms with Gasteiger partial charge in [-0.05, 0) is 41.0 Å². The van der Waals surface area contributed by atoms with Crippen LogP contribution in [0.15, 0.2) is 11.1 Å². The van der Waals surface area contributed by atoms with Crippen molar-refractivity contribution in [2.24, 2.45) is 0 Å². The molecule has 0 saturated heterocycles. The highest BCUT2D eigenvalue weighted by Gasteiger charge is 2.56. The van der Waals surface area contributed by atoms with Crippen LogP contribution in [-0.4, -0.2) is 51.0 Å². The van der Waals surface area contributed by atoms with Gasteiger partial charge in [-0.25, -0.2) is 0 Å². The average Bonchev–Trinajstić information content (AvgIpc) is 2.76. The lowest BCUT2D eigenvalue weighted by Crippen LogP contribution is -2.64. The second-order valence-corrected chi connectivity index (χ2v) is 8.88. The molecule has 2 amide bonds. The summed E-state index contributed by atoms with van der Waals surface area (Å²) in [6, 6.07) is 0. The van der Waals surface area contributed by atoms with Crippen LogP contribution >= 0.6 is 0 Å². The standard InChI is InChI=1S/C18H33NO5Si/c1-7-11-12-13-16(19-17(20)14(5)15(6)18(19)21)25(22-8-2,23-9-3)24-10-4/h16H,7-13H2,1-6H3. The number of carbonyl (C=O) groups excluding carboxylic acids is 2. The fraction of sp³-hybridized carbons (Fsp3) is 0.778. The number of hydrogen-bond acceptors (Lipinski definition) is 5. The molecule has 0 saturated carbocycles. The monoisotopic (exact) mass is 371 g/mol. The number of nitrogens with zero attached hydrogens (tertiary/aromatic N) is 1. The molecule has 1 rings (SSSR count). The van der Waals surface area contributed by atoms with Crippen molar-refractivity contribution in [2.75, 3.05) is 19.8 Å². The lowest BCUT2D eigenvalue weighted by atomic mass is 10.2. The fourth-order valence-electron chi connectivity index (χ4n) is 3.13. The smallest absolute Gasteiger partial charge is 0.373 e. The van der Waals surface area contributed by atoms with Gasteiger partial charge in [-0.15, -0.1) is 0 Å². The lowest BCUT2D eigenvalue weighted by molar-refractivity contribution is -0.140. The van der Waals surface area contributed by atoms with Gasteiger partial charge in [-0.3, -0.25) is 14.5 Å². The van der Waals surface area contributed by atoms with Crippen LogP contribution in [0.3, 0.4) is 0 Å². The van der Waals surface area contributed by atoms with E-state index in [9.17, 15) is 9.59 Å². The van der Waals surface area contributed by atoms with E-state index in [0.29, 0.717) is 37.4 Å². The Bertz CT molecular complexity index is 465. The van der Waals surface area contributed by atoms with Gasteiger partial charge in [-0.1, -0.05) is 26.2 Å². The number of amides is 2. The minimum Gasteiger partial charge on any atom is -0.373 e. The Hall–Kier alpha value is -1.02. The number of hydrogen-bond donors (Lipinski definition) is 0. The molecule has 6 nitrogen and oxygen atoms in total. The Balaban J connectivity index is 3.29. The van der Waals surface area contributed by atoms with E-state index >= 15 is 0 Å². The molecule has 0 aliphatic carbocycles. The molecule has 144 valence electrons. The van der Waals surface area contributed by atoms with Crippen LogP contribution < -0.4 is 0 Å². The molecule has 0 N–H and O–H groups in total. The van der Waals surface area contributed by atoms with Crippen LogP contribution in [0.2, 0.25) is 0 Å². The lowest BCUT2D eigenvalue weighted by Gasteiger charge is -2.39. The fourth-order valence-corrected chi connectivity index (χ4v) is 6.27. The second-order valence-electron chi connectivity index (χ2n) is 6.14. The van der Waals surface area contributed by atoms with Crippen LogP contribution in [0, 0.1) is 0 Å². The Morgan fingerprint density at radius 1 is 0.840 bits per heavy atom. The van der Waals surface area contributed by atoms with Gasteiger partial charge in [0.05, 0.1) is 0 Å². The molecule has 1 aliphatic rings. The van der Waals surface area contributed by atoms with Gasteiger partial charge in [0.25, 0.3) is 11.8 Å². The molecule has 1 aliphatic heterocycles. The van der Waals surface area contributed by atoms with Crippen molar-refractivity contribution in [1.29, 1.82) is 0 Å². The number of imide groups is 1. The molecule has 1 atom stereocenters. The number of carbonyl (C=O) groups is 2. The second kappa shape index (κ2) is 10.2. The van der Waals surface area contributed by atoms with E-state index < -0.39 is 14.5 Å². The maximum absolute atomic E-state index is 12.8. The molecule has 0 aromatic carbocycles. The zero-order valence-corrected chi connectivity index (χ0v) is 17.5. The quantitative estimate of drug-likeness (QED) is 0.299. The maximum Gasteiger partial charge on any atom is 0.525 e. The summed E-state index contributed by atoms with van der Waals surface area (Å²) in [5.41, 5.74) is 0.516. The molecule has 0 spiro atoms. The topological polar surface area (TPSA) is 65.1 Å². The molecule has 0 aromatic heterocycles. The first-order valence-electron chi connectivity index (χ1n) is 9.37. The van der Waals surface area contributed by atoms with E-state index in [1.807, 2.05) is 20.8 Å². The third-order valence-electron chi connectivity index (χ3n) is 4.48. The first kappa shape index (κ1) is 22.0. The zero-order valence-electron chi connectivity index (χ0n) is 16.5. The Morgan fingerprint density at radius 2 is 1.28 bits per heavy atom. The SMILES string of the molecule is CCCCCC(N1C(=O)C(C)=C(C)C1=O)[Si](OCC)(OCC)OCC. The molecular formula is C18H33NO5Si. The van der Waals surface area contributed by atoms with Gasteiger partial charge >= 0.3 is 8.80 Å². The first-order chi connectivity index (χ1) is 11.9. The van der Waals surface area contributed by atoms with E-state index in [4.69, 9.17) is 13.3 Å². The average molecular weight is 372 g/mol. The van der Waals surface area contributed by atoms with E-state index in [1.54, 1.807) is 13.8 Å². The van der Waals surface area contributed by atoms with Crippen LogP contribution in [0.4, 0.5) is 0 Å². The van der Waals surface area contributed by atoms with Crippen molar-refractivity contribution in [3.63, 3.8) is 0 Å². The van der Waals surface area contributed by atoms with E-state index in [2.05, 4.69) is 6.92 Å². The van der Waals surface area contributed by atoms with Gasteiger partial charge in [0, 0.05) is 31.0 Å². The van der Waals surface area contributed by atoms with Gasteiger partial charge < -0.3 is 13.3 Å². The van der Waals surface area contributed by atoms with Crippen molar-refractivity contribution in [2.45, 2.75) is 72.9 Å². The summed E-state index contributed by atoms with van der Waals surface area (Å²) in [6.07, 6.45) is 3.60. The van der Waals surface area contributed by atoms with Crippen LogP contribution in [0.5, 0.6) is 0 Å². The van der Waals surface area contributed by atoms with Gasteiger partial charge in [0.1, 0.15) is 5.67 Å². The summed E-state index contributed by atoms with van der Waals surface area (Å²) in [5.74, 6) is -0.500. The summed E-state index contributed by atoms with van der Waals surface area (Å²) in [5, 5.41) is 0. The molecular weight excluding hydrogens is 338 g/mol. The van der Waals surface area contributed by atoms with Crippen molar-refractivity contribution in [3.05, 3.63) is 11.1 Å². The van der Waals surface area contributed by atoms with Crippen LogP contribution in [0.1, 0.15) is 67.2 Å². The molecule has 0 radical (unpaired) electrons. The normalized spacial score (nSPS) is 17.0. The van der Waals surface area contributed by atoms with Gasteiger partial charge in [0.15, 0.2) is 0 Å². The van der Waals surface area contributed by atoms with E-state index in [0.717, 1.165) is 19.3 Å². The molecule has 0 fully saturated rings. The minimum absolute atomic E-state index is 0.250. The summed E-state index contributed by atoms with van der Waals surface area (Å²) in [7, 11) is -3.23. The van der Waals surface area contributed by atoms with Crippen LogP contribution in [-0.2, 0) is 22.9 Å². The highest BCUT2D eigenvalue weighted by Crippen LogP contribution is 2.31. The zero-order chi connectivity index (χ0) is 19.0. The van der Waals surface area contributed by atoms with E-state index in [1.165, 1.54) is 4.90 Å². The maximum atomic E-state index is 12.8. The Labute approximate surface area is 152 Å². The minimum atomic E-state index is -3.23. The molecule has 0 bridgehead atoms. The summed E-state index contributed by atoms with van der Waals surface area (Å²) in [4.78, 5) is 26.9. The summed E-state index contributed by atoms with van der Waals surface area (Å²) in [6.45, 7) is 12.4. The van der Waals surface area contributed by atoms with Crippen LogP contribution in [0.25, 0.3) is 0 Å². The van der Waals surface area contributed by atoms with Crippen molar-refractivity contribution >= 4 is 20.6 Å². The Kier molecular flexibility index (Phi) is 8.99. The first-order valence-corrected chi connectivity index (χ1v) is 11.2. The molecule has 25 heavy (non-hydrogen) atoms. The molecule has 0 aromatic rings. The summed E-state index contributed by atoms with van der Waals surface area (Å²) >= 11 is 0. The molecule has 1 unspecified atom stereocenters. The van der Waals surface area contributed by atoms with Gasteiger partial charge in [-0.2, -0.15) is 0 Å². The van der Waals surface area contributed by atoms with Gasteiger partial charge in [0.2, 0.25) is 0 Å². The number of rotatable bonds is 12. The predicted molar refractivity (Wildman–Crippen MR) is 98.8 cm³/mol. The highest BCUT2D eigenvalue weighted by molar-refractivity contribution is 6.63. The van der Waals surface area contributed by atoms with Crippen molar-refractivity contribution in [1.82, 2.24) is 4.90 Å². The summed E-state index contributed by atoms with van der Waals surface area (Å²) < 4.78 is 18.0. The third kappa shape index (κ3) is 4.78. The predicted octanol–water partition coefficient (Wildman–Crippen LogP) is 3.23. The Morgan fingerprint density at radius 3 is 1.64 bits per heavy atom. The molecule has 1 heterocycles. The van der Waals surface area contributed by atoms with E-state index in [-0.39, 0.29) is 11.8 Å². The number of unbranched alkanes of at least 4 members (excludes halogenated alkanes) is 2. The van der Waals surface area contributed by atoms with Crippen molar-refractivity contribution < 1.29 is 22.9 Å². The third-order valence-corrected chi connectivity index (χ3v) is 7.92. The largest absolute Gasteiger partial charge is 0.525 e. The highest BCUT2D eigenvalue weighted by atomic mass is 28.4. The van der Waals surface area contributed by atoms with Crippen molar-refractivity contribution in [3.8, 4) is 0 Å².